The van der Waals surface area contributed by atoms with Gasteiger partial charge in [-0.25, -0.2) is 0 Å². The lowest BCUT2D eigenvalue weighted by molar-refractivity contribution is 0.580. The molecule has 32 heavy (non-hydrogen) atoms. The summed E-state index contributed by atoms with van der Waals surface area (Å²) in [5.74, 6) is 0.203. The van der Waals surface area contributed by atoms with E-state index in [-0.39, 0.29) is 11.3 Å². The summed E-state index contributed by atoms with van der Waals surface area (Å²) in [6.07, 6.45) is 14.1. The Kier molecular flexibility index (Phi) is 4.30. The summed E-state index contributed by atoms with van der Waals surface area (Å²) in [6.45, 7) is 4.37. The zero-order valence-corrected chi connectivity index (χ0v) is 18.5. The smallest absolute Gasteiger partial charge is 0.0500 e. The monoisotopic (exact) mass is 410 g/mol. The van der Waals surface area contributed by atoms with Gasteiger partial charge in [0.05, 0.1) is 0 Å². The van der Waals surface area contributed by atoms with Crippen molar-refractivity contribution >= 4 is 11.6 Å². The summed E-state index contributed by atoms with van der Waals surface area (Å²) in [4.78, 5) is 0. The van der Waals surface area contributed by atoms with E-state index in [4.69, 9.17) is 0 Å². The number of allylic oxidation sites excluding steroid dienone is 9. The quantitative estimate of drug-likeness (QED) is 0.411. The Morgan fingerprint density at radius 1 is 0.719 bits per heavy atom. The van der Waals surface area contributed by atoms with E-state index >= 15 is 0 Å². The maximum Gasteiger partial charge on any atom is 0.0500 e. The van der Waals surface area contributed by atoms with Gasteiger partial charge < -0.3 is 0 Å². The van der Waals surface area contributed by atoms with Crippen LogP contribution >= 0.6 is 0 Å². The van der Waals surface area contributed by atoms with Crippen molar-refractivity contribution in [3.05, 3.63) is 154 Å². The van der Waals surface area contributed by atoms with Crippen LogP contribution in [0.25, 0.3) is 11.6 Å². The van der Waals surface area contributed by atoms with E-state index in [2.05, 4.69) is 129 Å². The van der Waals surface area contributed by atoms with Crippen LogP contribution in [0.1, 0.15) is 40.7 Å². The molecule has 6 rings (SSSR count). The molecule has 0 fully saturated rings. The van der Waals surface area contributed by atoms with Gasteiger partial charge in [-0.05, 0) is 52.8 Å². The SMILES string of the molecule is CC1=CC2=CC=CC(c3ccccc3)(C3C(c4ccc(C)cc4)=Cc4ccccc43)C2=C1. The molecule has 0 saturated heterocycles. The van der Waals surface area contributed by atoms with Gasteiger partial charge in [-0.2, -0.15) is 0 Å². The van der Waals surface area contributed by atoms with Crippen LogP contribution in [0.5, 0.6) is 0 Å². The molecular weight excluding hydrogens is 384 g/mol. The van der Waals surface area contributed by atoms with Crippen molar-refractivity contribution < 1.29 is 0 Å². The standard InChI is InChI=1S/C32H26/c1-22-14-16-24(17-15-22)29-21-25-9-6-7-13-28(25)31(29)32(27-11-4-3-5-12-27)18-8-10-26-19-23(2)20-30(26)32/h3-21,31H,1-2H3. The van der Waals surface area contributed by atoms with Gasteiger partial charge in [-0.15, -0.1) is 0 Å². The number of aryl methyl sites for hydroxylation is 1. The number of hydrogen-bond donors (Lipinski definition) is 0. The normalized spacial score (nSPS) is 23.1. The average molecular weight is 411 g/mol. The first-order valence-corrected chi connectivity index (χ1v) is 11.4. The molecule has 3 aliphatic carbocycles. The fourth-order valence-corrected chi connectivity index (χ4v) is 5.76. The molecule has 0 saturated carbocycles. The number of rotatable bonds is 3. The highest BCUT2D eigenvalue weighted by Gasteiger charge is 2.48. The molecule has 0 heteroatoms. The molecule has 154 valence electrons. The van der Waals surface area contributed by atoms with Crippen LogP contribution in [0.3, 0.4) is 0 Å². The topological polar surface area (TPSA) is 0 Å². The van der Waals surface area contributed by atoms with Crippen LogP contribution in [0.2, 0.25) is 0 Å². The van der Waals surface area contributed by atoms with Gasteiger partial charge in [-0.3, -0.25) is 0 Å². The van der Waals surface area contributed by atoms with Crippen LogP contribution < -0.4 is 0 Å². The Morgan fingerprint density at radius 3 is 2.28 bits per heavy atom. The molecular formula is C32H26. The Bertz CT molecular complexity index is 1360. The second-order valence-electron chi connectivity index (χ2n) is 9.19. The van der Waals surface area contributed by atoms with Gasteiger partial charge in [0.25, 0.3) is 0 Å². The first kappa shape index (κ1) is 19.1. The van der Waals surface area contributed by atoms with Crippen molar-refractivity contribution in [3.63, 3.8) is 0 Å². The third kappa shape index (κ3) is 2.76. The lowest BCUT2D eigenvalue weighted by Crippen LogP contribution is -2.35. The largest absolute Gasteiger partial charge is 0.0686 e. The van der Waals surface area contributed by atoms with Crippen molar-refractivity contribution in [1.82, 2.24) is 0 Å². The molecule has 3 aromatic carbocycles. The summed E-state index contributed by atoms with van der Waals surface area (Å²) in [5, 5.41) is 0. The summed E-state index contributed by atoms with van der Waals surface area (Å²) >= 11 is 0. The second-order valence-corrected chi connectivity index (χ2v) is 9.19. The van der Waals surface area contributed by atoms with Crippen LogP contribution in [0, 0.1) is 6.92 Å². The van der Waals surface area contributed by atoms with E-state index in [1.54, 1.807) is 0 Å². The highest BCUT2D eigenvalue weighted by molar-refractivity contribution is 5.94. The van der Waals surface area contributed by atoms with Crippen molar-refractivity contribution in [3.8, 4) is 0 Å². The molecule has 0 amide bonds. The predicted molar refractivity (Wildman–Crippen MR) is 135 cm³/mol. The fraction of sp³-hybridized carbons (Fsp3) is 0.125. The molecule has 2 atom stereocenters. The molecule has 0 aliphatic heterocycles. The van der Waals surface area contributed by atoms with Crippen LogP contribution in [0.4, 0.5) is 0 Å². The predicted octanol–water partition coefficient (Wildman–Crippen LogP) is 7.95. The van der Waals surface area contributed by atoms with Gasteiger partial charge in [0.1, 0.15) is 0 Å². The highest BCUT2D eigenvalue weighted by Crippen LogP contribution is 2.59. The molecule has 0 bridgehead atoms. The maximum absolute atomic E-state index is 2.44. The molecule has 3 aromatic rings. The lowest BCUT2D eigenvalue weighted by atomic mass is 9.59. The van der Waals surface area contributed by atoms with Crippen molar-refractivity contribution in [2.75, 3.05) is 0 Å². The number of hydrogen-bond acceptors (Lipinski definition) is 0. The van der Waals surface area contributed by atoms with Crippen LogP contribution in [-0.2, 0) is 5.41 Å². The first-order chi connectivity index (χ1) is 15.7. The zero-order chi connectivity index (χ0) is 21.7. The first-order valence-electron chi connectivity index (χ1n) is 11.4. The van der Waals surface area contributed by atoms with E-state index in [0.29, 0.717) is 0 Å². The Labute approximate surface area is 190 Å². The fourth-order valence-electron chi connectivity index (χ4n) is 5.76. The van der Waals surface area contributed by atoms with Gasteiger partial charge in [-0.1, -0.05) is 126 Å². The summed E-state index contributed by atoms with van der Waals surface area (Å²) in [6, 6.07) is 29.0. The Morgan fingerprint density at radius 2 is 1.47 bits per heavy atom. The molecule has 0 spiro atoms. The number of fused-ring (bicyclic) bond motifs is 2. The van der Waals surface area contributed by atoms with Crippen LogP contribution in [0.15, 0.2) is 126 Å². The van der Waals surface area contributed by atoms with Gasteiger partial charge in [0.2, 0.25) is 0 Å². The molecule has 0 nitrogen and oxygen atoms in total. The minimum Gasteiger partial charge on any atom is -0.0686 e. The Balaban J connectivity index is 1.65. The summed E-state index contributed by atoms with van der Waals surface area (Å²) in [5.41, 5.74) is 11.9. The van der Waals surface area contributed by atoms with E-state index in [9.17, 15) is 0 Å². The van der Waals surface area contributed by atoms with Crippen molar-refractivity contribution in [2.45, 2.75) is 25.2 Å². The molecule has 2 unspecified atom stereocenters. The minimum absolute atomic E-state index is 0.203. The molecule has 0 radical (unpaired) electrons. The molecule has 0 heterocycles. The van der Waals surface area contributed by atoms with Gasteiger partial charge in [0.15, 0.2) is 0 Å². The van der Waals surface area contributed by atoms with Gasteiger partial charge >= 0.3 is 0 Å². The average Bonchev–Trinajstić information content (AvgIpc) is 3.40. The van der Waals surface area contributed by atoms with E-state index in [0.717, 1.165) is 0 Å². The van der Waals surface area contributed by atoms with Gasteiger partial charge in [0, 0.05) is 11.3 Å². The third-order valence-corrected chi connectivity index (χ3v) is 7.17. The van der Waals surface area contributed by atoms with E-state index in [1.807, 2.05) is 0 Å². The number of benzene rings is 3. The van der Waals surface area contributed by atoms with Crippen molar-refractivity contribution in [2.24, 2.45) is 0 Å². The Hall–Kier alpha value is -3.64. The minimum atomic E-state index is -0.261. The lowest BCUT2D eigenvalue weighted by Gasteiger charge is -2.43. The second kappa shape index (κ2) is 7.21. The third-order valence-electron chi connectivity index (χ3n) is 7.17. The highest BCUT2D eigenvalue weighted by atomic mass is 14.5. The molecule has 0 aromatic heterocycles. The summed E-state index contributed by atoms with van der Waals surface area (Å²) < 4.78 is 0. The van der Waals surface area contributed by atoms with E-state index in [1.165, 1.54) is 50.1 Å². The molecule has 0 N–H and O–H groups in total. The van der Waals surface area contributed by atoms with Crippen molar-refractivity contribution in [1.29, 1.82) is 0 Å². The van der Waals surface area contributed by atoms with E-state index < -0.39 is 0 Å². The maximum atomic E-state index is 2.44. The molecule has 3 aliphatic rings. The zero-order valence-electron chi connectivity index (χ0n) is 18.5. The summed E-state index contributed by atoms with van der Waals surface area (Å²) in [7, 11) is 0. The van der Waals surface area contributed by atoms with Crippen LogP contribution in [-0.4, -0.2) is 0 Å².